The Labute approximate surface area is 122 Å². The molecule has 0 bridgehead atoms. The molecule has 0 saturated carbocycles. The number of benzene rings is 1. The summed E-state index contributed by atoms with van der Waals surface area (Å²) in [4.78, 5) is 11.1. The Kier molecular flexibility index (Phi) is 3.95. The van der Waals surface area contributed by atoms with Crippen LogP contribution in [0, 0.1) is 0 Å². The molecule has 0 amide bonds. The van der Waals surface area contributed by atoms with E-state index in [4.69, 9.17) is 18.9 Å². The van der Waals surface area contributed by atoms with Gasteiger partial charge in [0.05, 0.1) is 6.10 Å². The lowest BCUT2D eigenvalue weighted by Gasteiger charge is -2.38. The van der Waals surface area contributed by atoms with Gasteiger partial charge in [0.25, 0.3) is 0 Å². The molecule has 21 heavy (non-hydrogen) atoms. The highest BCUT2D eigenvalue weighted by molar-refractivity contribution is 5.66. The van der Waals surface area contributed by atoms with Gasteiger partial charge < -0.3 is 24.1 Å². The molecule has 1 aromatic carbocycles. The average Bonchev–Trinajstić information content (AvgIpc) is 2.88. The fourth-order valence-electron chi connectivity index (χ4n) is 2.67. The van der Waals surface area contributed by atoms with Crippen molar-refractivity contribution >= 4 is 5.97 Å². The summed E-state index contributed by atoms with van der Waals surface area (Å²) < 4.78 is 22.2. The molecule has 6 unspecified atom stereocenters. The summed E-state index contributed by atoms with van der Waals surface area (Å²) in [6.45, 7) is 3.02. The van der Waals surface area contributed by atoms with Crippen LogP contribution in [0.1, 0.15) is 25.7 Å². The Morgan fingerprint density at radius 3 is 2.57 bits per heavy atom. The Bertz CT molecular complexity index is 504. The monoisotopic (exact) mass is 294 g/mol. The maximum atomic E-state index is 11.1. The van der Waals surface area contributed by atoms with Gasteiger partial charge in [0, 0.05) is 12.5 Å². The van der Waals surface area contributed by atoms with E-state index in [0.717, 1.165) is 5.56 Å². The van der Waals surface area contributed by atoms with E-state index in [-0.39, 0.29) is 0 Å². The SMILES string of the molecule is CC(=O)OC1C(C)OC2OC(c3ccccc3)OC2C1O. The number of aliphatic hydroxyl groups excluding tert-OH is 1. The Hall–Kier alpha value is -1.47. The molecule has 2 aliphatic rings. The molecule has 114 valence electrons. The molecule has 1 aromatic rings. The third-order valence-corrected chi connectivity index (χ3v) is 3.67. The molecule has 2 fully saturated rings. The number of fused-ring (bicyclic) bond motifs is 1. The van der Waals surface area contributed by atoms with Crippen molar-refractivity contribution < 1.29 is 28.8 Å². The normalized spacial score (nSPS) is 38.8. The molecule has 0 radical (unpaired) electrons. The maximum absolute atomic E-state index is 11.1. The van der Waals surface area contributed by atoms with Gasteiger partial charge in [0.15, 0.2) is 18.7 Å². The fraction of sp³-hybridized carbons (Fsp3) is 0.533. The van der Waals surface area contributed by atoms with E-state index in [2.05, 4.69) is 0 Å². The molecule has 6 nitrogen and oxygen atoms in total. The molecule has 2 aliphatic heterocycles. The van der Waals surface area contributed by atoms with Crippen molar-refractivity contribution in [3.8, 4) is 0 Å². The lowest BCUT2D eigenvalue weighted by Crippen LogP contribution is -2.56. The molecule has 3 rings (SSSR count). The zero-order valence-corrected chi connectivity index (χ0v) is 11.8. The Morgan fingerprint density at radius 2 is 1.90 bits per heavy atom. The second kappa shape index (κ2) is 5.73. The first-order valence-electron chi connectivity index (χ1n) is 6.93. The van der Waals surface area contributed by atoms with Crippen molar-refractivity contribution in [2.24, 2.45) is 0 Å². The van der Waals surface area contributed by atoms with Gasteiger partial charge in [-0.2, -0.15) is 0 Å². The van der Waals surface area contributed by atoms with Gasteiger partial charge in [-0.3, -0.25) is 4.79 Å². The van der Waals surface area contributed by atoms with Crippen molar-refractivity contribution in [2.75, 3.05) is 0 Å². The van der Waals surface area contributed by atoms with Gasteiger partial charge in [0.2, 0.25) is 0 Å². The van der Waals surface area contributed by atoms with Crippen LogP contribution in [0.5, 0.6) is 0 Å². The predicted octanol–water partition coefficient (Wildman–Crippen LogP) is 1.14. The average molecular weight is 294 g/mol. The second-order valence-corrected chi connectivity index (χ2v) is 5.25. The van der Waals surface area contributed by atoms with Crippen LogP contribution in [0.3, 0.4) is 0 Å². The van der Waals surface area contributed by atoms with Gasteiger partial charge >= 0.3 is 5.97 Å². The first-order chi connectivity index (χ1) is 10.1. The summed E-state index contributed by atoms with van der Waals surface area (Å²) in [7, 11) is 0. The lowest BCUT2D eigenvalue weighted by atomic mass is 10.00. The second-order valence-electron chi connectivity index (χ2n) is 5.25. The van der Waals surface area contributed by atoms with Gasteiger partial charge in [-0.05, 0) is 6.92 Å². The van der Waals surface area contributed by atoms with Crippen LogP contribution >= 0.6 is 0 Å². The van der Waals surface area contributed by atoms with Crippen LogP contribution in [-0.2, 0) is 23.7 Å². The molecular weight excluding hydrogens is 276 g/mol. The van der Waals surface area contributed by atoms with Crippen molar-refractivity contribution in [3.05, 3.63) is 35.9 Å². The van der Waals surface area contributed by atoms with E-state index < -0.39 is 43.0 Å². The largest absolute Gasteiger partial charge is 0.457 e. The van der Waals surface area contributed by atoms with Crippen molar-refractivity contribution in [1.29, 1.82) is 0 Å². The molecule has 0 aliphatic carbocycles. The predicted molar refractivity (Wildman–Crippen MR) is 71.0 cm³/mol. The van der Waals surface area contributed by atoms with E-state index in [1.54, 1.807) is 6.92 Å². The standard InChI is InChI=1S/C15H18O6/c1-8-12(19-9(2)16)11(17)13-15(18-8)21-14(20-13)10-6-4-3-5-7-10/h3-8,11-15,17H,1-2H3. The summed E-state index contributed by atoms with van der Waals surface area (Å²) in [6, 6.07) is 9.41. The molecule has 6 atom stereocenters. The highest BCUT2D eigenvalue weighted by Crippen LogP contribution is 2.38. The molecule has 2 heterocycles. The first kappa shape index (κ1) is 14.5. The number of carbonyl (C=O) groups is 1. The highest BCUT2D eigenvalue weighted by atomic mass is 16.8. The summed E-state index contributed by atoms with van der Waals surface area (Å²) >= 11 is 0. The van der Waals surface area contributed by atoms with Gasteiger partial charge in [-0.1, -0.05) is 30.3 Å². The minimum absolute atomic E-state index is 0.466. The van der Waals surface area contributed by atoms with Crippen molar-refractivity contribution in [3.63, 3.8) is 0 Å². The van der Waals surface area contributed by atoms with Crippen LogP contribution in [0.15, 0.2) is 30.3 Å². The van der Waals surface area contributed by atoms with Crippen LogP contribution in [-0.4, -0.2) is 41.8 Å². The fourth-order valence-corrected chi connectivity index (χ4v) is 2.67. The topological polar surface area (TPSA) is 74.2 Å². The van der Waals surface area contributed by atoms with E-state index >= 15 is 0 Å². The number of rotatable bonds is 2. The van der Waals surface area contributed by atoms with Crippen LogP contribution in [0.4, 0.5) is 0 Å². The third kappa shape index (κ3) is 2.80. The number of hydrogen-bond donors (Lipinski definition) is 1. The number of hydrogen-bond acceptors (Lipinski definition) is 6. The molecule has 6 heteroatoms. The quantitative estimate of drug-likeness (QED) is 0.824. The van der Waals surface area contributed by atoms with Gasteiger partial charge in [0.1, 0.15) is 12.2 Å². The highest BCUT2D eigenvalue weighted by Gasteiger charge is 2.52. The molecular formula is C15H18O6. The van der Waals surface area contributed by atoms with E-state index in [1.165, 1.54) is 6.92 Å². The summed E-state index contributed by atoms with van der Waals surface area (Å²) in [5.41, 5.74) is 0.847. The van der Waals surface area contributed by atoms with E-state index in [0.29, 0.717) is 0 Å². The Morgan fingerprint density at radius 1 is 1.19 bits per heavy atom. The molecule has 2 saturated heterocycles. The summed E-state index contributed by atoms with van der Waals surface area (Å²) in [5.74, 6) is -0.466. The number of carbonyl (C=O) groups excluding carboxylic acids is 1. The zero-order valence-electron chi connectivity index (χ0n) is 11.8. The summed E-state index contributed by atoms with van der Waals surface area (Å²) in [5, 5.41) is 10.4. The van der Waals surface area contributed by atoms with Gasteiger partial charge in [-0.15, -0.1) is 0 Å². The maximum Gasteiger partial charge on any atom is 0.303 e. The first-order valence-corrected chi connectivity index (χ1v) is 6.93. The third-order valence-electron chi connectivity index (χ3n) is 3.67. The molecule has 1 N–H and O–H groups in total. The smallest absolute Gasteiger partial charge is 0.303 e. The van der Waals surface area contributed by atoms with E-state index in [9.17, 15) is 9.90 Å². The molecule has 0 aromatic heterocycles. The Balaban J connectivity index is 1.75. The van der Waals surface area contributed by atoms with Crippen LogP contribution in [0.25, 0.3) is 0 Å². The van der Waals surface area contributed by atoms with Gasteiger partial charge in [-0.25, -0.2) is 0 Å². The minimum atomic E-state index is -0.989. The van der Waals surface area contributed by atoms with Crippen LogP contribution in [0.2, 0.25) is 0 Å². The minimum Gasteiger partial charge on any atom is -0.457 e. The van der Waals surface area contributed by atoms with Crippen molar-refractivity contribution in [2.45, 2.75) is 50.8 Å². The summed E-state index contributed by atoms with van der Waals surface area (Å²) in [6.07, 6.45) is -4.18. The molecule has 0 spiro atoms. The van der Waals surface area contributed by atoms with E-state index in [1.807, 2.05) is 30.3 Å². The number of ether oxygens (including phenoxy) is 4. The lowest BCUT2D eigenvalue weighted by molar-refractivity contribution is -0.248. The number of aliphatic hydroxyl groups is 1. The zero-order chi connectivity index (χ0) is 15.0. The number of esters is 1. The van der Waals surface area contributed by atoms with Crippen molar-refractivity contribution in [1.82, 2.24) is 0 Å². The van der Waals surface area contributed by atoms with Crippen LogP contribution < -0.4 is 0 Å².